The van der Waals surface area contributed by atoms with Gasteiger partial charge in [-0.1, -0.05) is 19.1 Å². The molecule has 0 aliphatic heterocycles. The number of ether oxygens (including phenoxy) is 1. The third kappa shape index (κ3) is 4.92. The summed E-state index contributed by atoms with van der Waals surface area (Å²) in [6, 6.07) is 5.43. The third-order valence-electron chi connectivity index (χ3n) is 2.92. The van der Waals surface area contributed by atoms with Crippen LogP contribution in [0.3, 0.4) is 0 Å². The maximum atomic E-state index is 11.7. The summed E-state index contributed by atoms with van der Waals surface area (Å²) in [6.07, 6.45) is -1.80. The maximum absolute atomic E-state index is 11.7. The van der Waals surface area contributed by atoms with Crippen LogP contribution in [0.5, 0.6) is 0 Å². The maximum Gasteiger partial charge on any atom is 0.405 e. The molecule has 1 rings (SSSR count). The molecule has 1 aromatic carbocycles. The number of carbonyl (C=O) groups excluding carboxylic acids is 2. The van der Waals surface area contributed by atoms with Gasteiger partial charge < -0.3 is 21.1 Å². The standard InChI is InChI=1S/C13H19N3O5S/c1-3-22(19,20)10-6-4-9(5-7-10)11(21-12(14)17)8-16-13(18)15-2/h4-7,11H,3,8H2,1-2H3,(H2,14,17)(H2,15,16,18)/t11-/m0/s1. The van der Waals surface area contributed by atoms with Gasteiger partial charge in [-0.25, -0.2) is 18.0 Å². The van der Waals surface area contributed by atoms with Crippen molar-refractivity contribution >= 4 is 22.0 Å². The van der Waals surface area contributed by atoms with Crippen LogP contribution in [0.25, 0.3) is 0 Å². The fourth-order valence-electron chi connectivity index (χ4n) is 1.70. The lowest BCUT2D eigenvalue weighted by molar-refractivity contribution is 0.106. The Balaban J connectivity index is 2.94. The summed E-state index contributed by atoms with van der Waals surface area (Å²) in [6.45, 7) is 1.55. The van der Waals surface area contributed by atoms with Crippen LogP contribution in [0.4, 0.5) is 9.59 Å². The molecule has 0 aromatic heterocycles. The largest absolute Gasteiger partial charge is 0.440 e. The smallest absolute Gasteiger partial charge is 0.405 e. The number of nitrogens with one attached hydrogen (secondary N) is 2. The summed E-state index contributed by atoms with van der Waals surface area (Å²) in [5, 5.41) is 4.85. The molecule has 4 N–H and O–H groups in total. The van der Waals surface area contributed by atoms with Gasteiger partial charge in [-0.05, 0) is 17.7 Å². The molecule has 0 saturated carbocycles. The summed E-state index contributed by atoms with van der Waals surface area (Å²) >= 11 is 0. The SMILES string of the molecule is CCS(=O)(=O)c1ccc([C@H](CNC(=O)NC)OC(N)=O)cc1. The number of urea groups is 1. The van der Waals surface area contributed by atoms with Crippen LogP contribution >= 0.6 is 0 Å². The van der Waals surface area contributed by atoms with Crippen molar-refractivity contribution in [3.8, 4) is 0 Å². The highest BCUT2D eigenvalue weighted by atomic mass is 32.2. The van der Waals surface area contributed by atoms with E-state index in [2.05, 4.69) is 10.6 Å². The zero-order valence-corrected chi connectivity index (χ0v) is 13.1. The average Bonchev–Trinajstić information content (AvgIpc) is 2.50. The zero-order valence-electron chi connectivity index (χ0n) is 12.3. The van der Waals surface area contributed by atoms with Crippen LogP contribution in [0.1, 0.15) is 18.6 Å². The second kappa shape index (κ2) is 7.64. The van der Waals surface area contributed by atoms with Crippen molar-refractivity contribution < 1.29 is 22.7 Å². The van der Waals surface area contributed by atoms with E-state index in [0.717, 1.165) is 0 Å². The minimum atomic E-state index is -3.31. The van der Waals surface area contributed by atoms with Gasteiger partial charge in [0.25, 0.3) is 0 Å². The summed E-state index contributed by atoms with van der Waals surface area (Å²) in [4.78, 5) is 22.3. The van der Waals surface area contributed by atoms with Crippen LogP contribution in [0.2, 0.25) is 0 Å². The van der Waals surface area contributed by atoms with Crippen LogP contribution in [-0.4, -0.2) is 39.9 Å². The van der Waals surface area contributed by atoms with Gasteiger partial charge in [0.1, 0.15) is 6.10 Å². The Morgan fingerprint density at radius 1 is 1.27 bits per heavy atom. The van der Waals surface area contributed by atoms with Gasteiger partial charge in [-0.3, -0.25) is 0 Å². The Bertz CT molecular complexity index is 628. The highest BCUT2D eigenvalue weighted by Gasteiger charge is 2.18. The van der Waals surface area contributed by atoms with E-state index in [1.54, 1.807) is 6.92 Å². The Kier molecular flexibility index (Phi) is 6.17. The Morgan fingerprint density at radius 3 is 2.32 bits per heavy atom. The van der Waals surface area contributed by atoms with Crippen molar-refractivity contribution in [2.45, 2.75) is 17.9 Å². The number of benzene rings is 1. The van der Waals surface area contributed by atoms with Gasteiger partial charge in [0.2, 0.25) is 0 Å². The van der Waals surface area contributed by atoms with Crippen LogP contribution in [0, 0.1) is 0 Å². The van der Waals surface area contributed by atoms with E-state index in [9.17, 15) is 18.0 Å². The van der Waals surface area contributed by atoms with E-state index < -0.39 is 28.1 Å². The highest BCUT2D eigenvalue weighted by molar-refractivity contribution is 7.91. The molecule has 122 valence electrons. The predicted octanol–water partition coefficient (Wildman–Crippen LogP) is 0.546. The lowest BCUT2D eigenvalue weighted by atomic mass is 10.1. The van der Waals surface area contributed by atoms with Crippen LogP contribution in [-0.2, 0) is 14.6 Å². The Morgan fingerprint density at radius 2 is 1.86 bits per heavy atom. The van der Waals surface area contributed by atoms with Gasteiger partial charge >= 0.3 is 12.1 Å². The number of primary amides is 1. The number of hydrogen-bond donors (Lipinski definition) is 3. The van der Waals surface area contributed by atoms with Crippen molar-refractivity contribution in [3.63, 3.8) is 0 Å². The molecule has 0 heterocycles. The summed E-state index contributed by atoms with van der Waals surface area (Å²) < 4.78 is 28.4. The minimum Gasteiger partial charge on any atom is -0.440 e. The van der Waals surface area contributed by atoms with Gasteiger partial charge in [0.05, 0.1) is 17.2 Å². The first-order chi connectivity index (χ1) is 10.3. The molecule has 1 atom stereocenters. The Hall–Kier alpha value is -2.29. The molecule has 3 amide bonds. The fourth-order valence-corrected chi connectivity index (χ4v) is 2.58. The molecule has 0 radical (unpaired) electrons. The predicted molar refractivity (Wildman–Crippen MR) is 80.0 cm³/mol. The highest BCUT2D eigenvalue weighted by Crippen LogP contribution is 2.20. The number of nitrogens with two attached hydrogens (primary N) is 1. The summed E-state index contributed by atoms with van der Waals surface area (Å²) in [5.74, 6) is -0.00815. The molecule has 0 fully saturated rings. The van der Waals surface area contributed by atoms with Crippen molar-refractivity contribution in [2.75, 3.05) is 19.3 Å². The third-order valence-corrected chi connectivity index (χ3v) is 4.68. The Labute approximate surface area is 128 Å². The van der Waals surface area contributed by atoms with Gasteiger partial charge in [0, 0.05) is 7.05 Å². The summed E-state index contributed by atoms with van der Waals surface area (Å²) in [7, 11) is -1.86. The molecule has 1 aromatic rings. The molecule has 0 aliphatic rings. The summed E-state index contributed by atoms with van der Waals surface area (Å²) in [5.41, 5.74) is 5.52. The van der Waals surface area contributed by atoms with Crippen molar-refractivity contribution in [1.29, 1.82) is 0 Å². The monoisotopic (exact) mass is 329 g/mol. The first kappa shape index (κ1) is 17.8. The normalized spacial score (nSPS) is 12.3. The number of hydrogen-bond acceptors (Lipinski definition) is 5. The quantitative estimate of drug-likeness (QED) is 0.702. The first-order valence-corrected chi connectivity index (χ1v) is 8.19. The van der Waals surface area contributed by atoms with Crippen LogP contribution in [0.15, 0.2) is 29.2 Å². The molecule has 0 aliphatic carbocycles. The molecule has 0 unspecified atom stereocenters. The second-order valence-electron chi connectivity index (χ2n) is 4.36. The van der Waals surface area contributed by atoms with E-state index in [1.807, 2.05) is 0 Å². The molecule has 8 nitrogen and oxygen atoms in total. The van der Waals surface area contributed by atoms with E-state index in [-0.39, 0.29) is 17.2 Å². The second-order valence-corrected chi connectivity index (χ2v) is 6.64. The van der Waals surface area contributed by atoms with Crippen molar-refractivity contribution in [3.05, 3.63) is 29.8 Å². The van der Waals surface area contributed by atoms with Gasteiger partial charge in [-0.15, -0.1) is 0 Å². The van der Waals surface area contributed by atoms with Crippen molar-refractivity contribution in [1.82, 2.24) is 10.6 Å². The van der Waals surface area contributed by atoms with Gasteiger partial charge in [-0.2, -0.15) is 0 Å². The van der Waals surface area contributed by atoms with E-state index >= 15 is 0 Å². The van der Waals surface area contributed by atoms with E-state index in [4.69, 9.17) is 10.5 Å². The number of sulfone groups is 1. The molecule has 9 heteroatoms. The van der Waals surface area contributed by atoms with Gasteiger partial charge in [0.15, 0.2) is 9.84 Å². The van der Waals surface area contributed by atoms with E-state index in [0.29, 0.717) is 5.56 Å². The topological polar surface area (TPSA) is 128 Å². The van der Waals surface area contributed by atoms with Crippen LogP contribution < -0.4 is 16.4 Å². The molecular weight excluding hydrogens is 310 g/mol. The molecule has 22 heavy (non-hydrogen) atoms. The molecular formula is C13H19N3O5S. The minimum absolute atomic E-state index is 0.00247. The first-order valence-electron chi connectivity index (χ1n) is 6.54. The number of amides is 3. The number of rotatable bonds is 6. The molecule has 0 bridgehead atoms. The fraction of sp³-hybridized carbons (Fsp3) is 0.385. The number of carbonyl (C=O) groups is 2. The van der Waals surface area contributed by atoms with Crippen molar-refractivity contribution in [2.24, 2.45) is 5.73 Å². The lowest BCUT2D eigenvalue weighted by Crippen LogP contribution is -2.37. The molecule has 0 spiro atoms. The average molecular weight is 329 g/mol. The molecule has 0 saturated heterocycles. The zero-order chi connectivity index (χ0) is 16.8. The van der Waals surface area contributed by atoms with E-state index in [1.165, 1.54) is 31.3 Å². The lowest BCUT2D eigenvalue weighted by Gasteiger charge is -2.18.